The number of aliphatic hydroxyl groups is 1. The molecular weight excluding hydrogens is 222 g/mol. The average Bonchev–Trinajstić information content (AvgIpc) is 2.15. The highest BCUT2D eigenvalue weighted by atomic mass is 32.3. The van der Waals surface area contributed by atoms with Gasteiger partial charge in [-0.2, -0.15) is 8.42 Å². The third-order valence-electron chi connectivity index (χ3n) is 1.41. The second kappa shape index (κ2) is 6.49. The molecule has 0 spiro atoms. The standard InChI is InChI=1S/C8H11NO.H2O4S/c9-6-8(10)7-4-2-1-3-5-7;1-5(2,3)4/h1-5,8,10H,6,9H2;(H2,1,2,3,4). The van der Waals surface area contributed by atoms with Gasteiger partial charge in [-0.15, -0.1) is 0 Å². The topological polar surface area (TPSA) is 121 Å². The van der Waals surface area contributed by atoms with Gasteiger partial charge in [-0.3, -0.25) is 9.11 Å². The van der Waals surface area contributed by atoms with Gasteiger partial charge in [-0.25, -0.2) is 0 Å². The minimum absolute atomic E-state index is 0.282. The highest BCUT2D eigenvalue weighted by Crippen LogP contribution is 2.08. The van der Waals surface area contributed by atoms with Crippen LogP contribution < -0.4 is 5.73 Å². The highest BCUT2D eigenvalue weighted by molar-refractivity contribution is 7.79. The fraction of sp³-hybridized carbons (Fsp3) is 0.250. The van der Waals surface area contributed by atoms with E-state index in [4.69, 9.17) is 23.3 Å². The van der Waals surface area contributed by atoms with Gasteiger partial charge in [0.05, 0.1) is 6.10 Å². The molecule has 1 rings (SSSR count). The van der Waals surface area contributed by atoms with Crippen molar-refractivity contribution >= 4 is 10.4 Å². The van der Waals surface area contributed by atoms with E-state index >= 15 is 0 Å². The Morgan fingerprint density at radius 1 is 1.20 bits per heavy atom. The second-order valence-corrected chi connectivity index (χ2v) is 3.51. The summed E-state index contributed by atoms with van der Waals surface area (Å²) in [7, 11) is -4.67. The normalized spacial score (nSPS) is 12.5. The highest BCUT2D eigenvalue weighted by Gasteiger charge is 2.01. The van der Waals surface area contributed by atoms with Crippen molar-refractivity contribution in [3.05, 3.63) is 35.9 Å². The van der Waals surface area contributed by atoms with Crippen molar-refractivity contribution in [3.63, 3.8) is 0 Å². The van der Waals surface area contributed by atoms with Crippen molar-refractivity contribution < 1.29 is 22.6 Å². The van der Waals surface area contributed by atoms with Gasteiger partial charge in [0, 0.05) is 6.54 Å². The maximum Gasteiger partial charge on any atom is 0.394 e. The predicted octanol–water partition coefficient (Wildman–Crippen LogP) is 0.0259. The van der Waals surface area contributed by atoms with Crippen LogP contribution in [0.15, 0.2) is 30.3 Å². The van der Waals surface area contributed by atoms with Crippen LogP contribution >= 0.6 is 0 Å². The molecule has 0 heterocycles. The largest absolute Gasteiger partial charge is 0.394 e. The van der Waals surface area contributed by atoms with Gasteiger partial charge in [-0.05, 0) is 5.56 Å². The smallest absolute Gasteiger partial charge is 0.387 e. The first-order valence-corrected chi connectivity index (χ1v) is 5.37. The number of nitrogens with two attached hydrogens (primary N) is 1. The average molecular weight is 235 g/mol. The quantitative estimate of drug-likeness (QED) is 0.536. The molecular formula is C8H13NO5S. The van der Waals surface area contributed by atoms with Crippen molar-refractivity contribution in [1.29, 1.82) is 0 Å². The van der Waals surface area contributed by atoms with Crippen LogP contribution in [0.5, 0.6) is 0 Å². The number of hydrogen-bond acceptors (Lipinski definition) is 4. The molecule has 0 radical (unpaired) electrons. The lowest BCUT2D eigenvalue weighted by atomic mass is 10.1. The van der Waals surface area contributed by atoms with Crippen molar-refractivity contribution in [2.75, 3.05) is 6.54 Å². The van der Waals surface area contributed by atoms with Crippen LogP contribution in [0, 0.1) is 0 Å². The van der Waals surface area contributed by atoms with E-state index in [0.29, 0.717) is 0 Å². The summed E-state index contributed by atoms with van der Waals surface area (Å²) in [6.45, 7) is 0.282. The number of rotatable bonds is 2. The van der Waals surface area contributed by atoms with Gasteiger partial charge in [0.2, 0.25) is 0 Å². The van der Waals surface area contributed by atoms with Gasteiger partial charge in [-0.1, -0.05) is 30.3 Å². The van der Waals surface area contributed by atoms with Crippen LogP contribution in [0.2, 0.25) is 0 Å². The number of aliphatic hydroxyl groups excluding tert-OH is 1. The summed E-state index contributed by atoms with van der Waals surface area (Å²) in [6.07, 6.45) is -0.513. The van der Waals surface area contributed by atoms with Crippen molar-refractivity contribution in [2.45, 2.75) is 6.10 Å². The predicted molar refractivity (Wildman–Crippen MR) is 54.6 cm³/mol. The summed E-state index contributed by atoms with van der Waals surface area (Å²) in [5, 5.41) is 9.20. The van der Waals surface area contributed by atoms with Gasteiger partial charge < -0.3 is 10.8 Å². The van der Waals surface area contributed by atoms with Crippen LogP contribution in [0.4, 0.5) is 0 Å². The summed E-state index contributed by atoms with van der Waals surface area (Å²) in [5.74, 6) is 0. The van der Waals surface area contributed by atoms with Gasteiger partial charge in [0.1, 0.15) is 0 Å². The molecule has 0 aliphatic rings. The van der Waals surface area contributed by atoms with E-state index in [-0.39, 0.29) is 6.54 Å². The van der Waals surface area contributed by atoms with Gasteiger partial charge in [0.15, 0.2) is 0 Å². The zero-order chi connectivity index (χ0) is 11.9. The first-order chi connectivity index (χ1) is 6.84. The summed E-state index contributed by atoms with van der Waals surface area (Å²) >= 11 is 0. The lowest BCUT2D eigenvalue weighted by Gasteiger charge is -2.05. The lowest BCUT2D eigenvalue weighted by Crippen LogP contribution is -2.10. The Morgan fingerprint density at radius 3 is 1.93 bits per heavy atom. The molecule has 1 unspecified atom stereocenters. The molecule has 6 nitrogen and oxygen atoms in total. The van der Waals surface area contributed by atoms with E-state index in [2.05, 4.69) is 0 Å². The summed E-state index contributed by atoms with van der Waals surface area (Å²) in [6, 6.07) is 9.39. The second-order valence-electron chi connectivity index (χ2n) is 2.61. The van der Waals surface area contributed by atoms with Crippen molar-refractivity contribution in [3.8, 4) is 0 Å². The van der Waals surface area contributed by atoms with Gasteiger partial charge >= 0.3 is 10.4 Å². The molecule has 0 saturated carbocycles. The number of benzene rings is 1. The van der Waals surface area contributed by atoms with Crippen LogP contribution in [-0.2, 0) is 10.4 Å². The zero-order valence-electron chi connectivity index (χ0n) is 7.81. The molecule has 1 aromatic carbocycles. The number of hydrogen-bond donors (Lipinski definition) is 4. The van der Waals surface area contributed by atoms with Crippen molar-refractivity contribution in [2.24, 2.45) is 5.73 Å². The van der Waals surface area contributed by atoms with Crippen LogP contribution in [-0.4, -0.2) is 29.2 Å². The van der Waals surface area contributed by atoms with Crippen molar-refractivity contribution in [1.82, 2.24) is 0 Å². The minimum atomic E-state index is -4.67. The Kier molecular flexibility index (Phi) is 6.06. The van der Waals surface area contributed by atoms with E-state index in [1.807, 2.05) is 30.3 Å². The maximum atomic E-state index is 9.20. The Balaban J connectivity index is 0.000000336. The van der Waals surface area contributed by atoms with Gasteiger partial charge in [0.25, 0.3) is 0 Å². The Morgan fingerprint density at radius 2 is 1.60 bits per heavy atom. The Hall–Kier alpha value is -0.990. The molecule has 0 saturated heterocycles. The minimum Gasteiger partial charge on any atom is -0.387 e. The Labute approximate surface area is 87.9 Å². The molecule has 1 aromatic rings. The fourth-order valence-electron chi connectivity index (χ4n) is 0.811. The van der Waals surface area contributed by atoms with E-state index in [0.717, 1.165) is 5.56 Å². The summed E-state index contributed by atoms with van der Waals surface area (Å²) < 4.78 is 31.6. The summed E-state index contributed by atoms with van der Waals surface area (Å²) in [4.78, 5) is 0. The molecule has 15 heavy (non-hydrogen) atoms. The van der Waals surface area contributed by atoms with E-state index < -0.39 is 16.5 Å². The molecule has 0 bridgehead atoms. The Bertz CT molecular complexity index is 356. The van der Waals surface area contributed by atoms with Crippen LogP contribution in [0.3, 0.4) is 0 Å². The third kappa shape index (κ3) is 9.32. The maximum absolute atomic E-state index is 9.20. The first kappa shape index (κ1) is 14.0. The molecule has 7 heteroatoms. The molecule has 0 aliphatic carbocycles. The molecule has 0 amide bonds. The monoisotopic (exact) mass is 235 g/mol. The lowest BCUT2D eigenvalue weighted by molar-refractivity contribution is 0.187. The molecule has 0 aliphatic heterocycles. The molecule has 0 aromatic heterocycles. The van der Waals surface area contributed by atoms with Crippen LogP contribution in [0.25, 0.3) is 0 Å². The molecule has 0 fully saturated rings. The third-order valence-corrected chi connectivity index (χ3v) is 1.41. The molecule has 5 N–H and O–H groups in total. The SMILES string of the molecule is NCC(O)c1ccccc1.O=S(=O)(O)O. The van der Waals surface area contributed by atoms with E-state index in [1.54, 1.807) is 0 Å². The first-order valence-electron chi connectivity index (χ1n) is 3.97. The fourth-order valence-corrected chi connectivity index (χ4v) is 0.811. The van der Waals surface area contributed by atoms with E-state index in [1.165, 1.54) is 0 Å². The van der Waals surface area contributed by atoms with Crippen LogP contribution in [0.1, 0.15) is 11.7 Å². The molecule has 86 valence electrons. The summed E-state index contributed by atoms with van der Waals surface area (Å²) in [5.41, 5.74) is 6.13. The zero-order valence-corrected chi connectivity index (χ0v) is 8.63. The molecule has 1 atom stereocenters. The van der Waals surface area contributed by atoms with E-state index in [9.17, 15) is 5.11 Å².